The summed E-state index contributed by atoms with van der Waals surface area (Å²) >= 11 is 0. The average Bonchev–Trinajstić information content (AvgIpc) is 2.82. The molecule has 0 saturated heterocycles. The molecule has 1 aromatic heterocycles. The van der Waals surface area contributed by atoms with Gasteiger partial charge in [0, 0.05) is 5.56 Å². The first-order chi connectivity index (χ1) is 8.27. The van der Waals surface area contributed by atoms with Gasteiger partial charge in [-0.05, 0) is 0 Å². The molecule has 0 radical (unpaired) electrons. The molecule has 0 unspecified atom stereocenters. The SMILES string of the molecule is COC(=O)c1c(NN)noc1-c1ccccc1. The van der Waals surface area contributed by atoms with Crippen molar-refractivity contribution in [1.29, 1.82) is 0 Å². The summed E-state index contributed by atoms with van der Waals surface area (Å²) in [5.41, 5.74) is 3.20. The predicted molar refractivity (Wildman–Crippen MR) is 61.1 cm³/mol. The topological polar surface area (TPSA) is 90.4 Å². The smallest absolute Gasteiger partial charge is 0.345 e. The van der Waals surface area contributed by atoms with E-state index < -0.39 is 5.97 Å². The summed E-state index contributed by atoms with van der Waals surface area (Å²) < 4.78 is 9.77. The number of anilines is 1. The molecule has 0 bridgehead atoms. The lowest BCUT2D eigenvalue weighted by Gasteiger charge is -2.01. The number of nitrogens with two attached hydrogens (primary N) is 1. The summed E-state index contributed by atoms with van der Waals surface area (Å²) in [7, 11) is 1.28. The third-order valence-corrected chi connectivity index (χ3v) is 2.25. The summed E-state index contributed by atoms with van der Waals surface area (Å²) in [6.07, 6.45) is 0. The van der Waals surface area contributed by atoms with Crippen LogP contribution in [0.25, 0.3) is 11.3 Å². The first-order valence-corrected chi connectivity index (χ1v) is 4.88. The minimum atomic E-state index is -0.557. The van der Waals surface area contributed by atoms with Crippen LogP contribution in [-0.4, -0.2) is 18.2 Å². The number of hydrazine groups is 1. The number of nitrogens with one attached hydrogen (secondary N) is 1. The van der Waals surface area contributed by atoms with E-state index in [1.165, 1.54) is 7.11 Å². The summed E-state index contributed by atoms with van der Waals surface area (Å²) in [5.74, 6) is 5.17. The molecule has 6 heteroatoms. The molecule has 0 aliphatic heterocycles. The Morgan fingerprint density at radius 2 is 2.12 bits per heavy atom. The van der Waals surface area contributed by atoms with Crippen molar-refractivity contribution in [2.75, 3.05) is 12.5 Å². The molecule has 0 aliphatic carbocycles. The van der Waals surface area contributed by atoms with Crippen LogP contribution in [-0.2, 0) is 4.74 Å². The van der Waals surface area contributed by atoms with Crippen molar-refractivity contribution in [2.24, 2.45) is 5.84 Å². The molecule has 0 atom stereocenters. The lowest BCUT2D eigenvalue weighted by molar-refractivity contribution is 0.0602. The van der Waals surface area contributed by atoms with Gasteiger partial charge in [0.15, 0.2) is 17.1 Å². The van der Waals surface area contributed by atoms with Gasteiger partial charge in [0.1, 0.15) is 0 Å². The Kier molecular flexibility index (Phi) is 3.06. The van der Waals surface area contributed by atoms with Gasteiger partial charge in [0.25, 0.3) is 0 Å². The number of ether oxygens (including phenoxy) is 1. The second-order valence-corrected chi connectivity index (χ2v) is 3.24. The van der Waals surface area contributed by atoms with Gasteiger partial charge in [0.05, 0.1) is 7.11 Å². The Morgan fingerprint density at radius 3 is 2.71 bits per heavy atom. The molecule has 17 heavy (non-hydrogen) atoms. The van der Waals surface area contributed by atoms with E-state index in [2.05, 4.69) is 15.3 Å². The maximum Gasteiger partial charge on any atom is 0.345 e. The number of benzene rings is 1. The fourth-order valence-electron chi connectivity index (χ4n) is 1.47. The minimum absolute atomic E-state index is 0.149. The number of hydrogen-bond donors (Lipinski definition) is 2. The van der Waals surface area contributed by atoms with Gasteiger partial charge in [-0.3, -0.25) is 0 Å². The molecule has 1 aromatic carbocycles. The number of carbonyl (C=O) groups excluding carboxylic acids is 1. The number of methoxy groups -OCH3 is 1. The Balaban J connectivity index is 2.55. The fourth-order valence-corrected chi connectivity index (χ4v) is 1.47. The van der Waals surface area contributed by atoms with Crippen molar-refractivity contribution in [3.8, 4) is 11.3 Å². The van der Waals surface area contributed by atoms with Crippen LogP contribution in [0.1, 0.15) is 10.4 Å². The third kappa shape index (κ3) is 1.98. The second kappa shape index (κ2) is 4.67. The molecule has 2 rings (SSSR count). The molecule has 1 heterocycles. The van der Waals surface area contributed by atoms with E-state index >= 15 is 0 Å². The van der Waals surface area contributed by atoms with Crippen LogP contribution in [0.15, 0.2) is 34.9 Å². The van der Waals surface area contributed by atoms with E-state index in [4.69, 9.17) is 10.4 Å². The molecule has 6 nitrogen and oxygen atoms in total. The summed E-state index contributed by atoms with van der Waals surface area (Å²) in [4.78, 5) is 11.6. The Morgan fingerprint density at radius 1 is 1.41 bits per heavy atom. The second-order valence-electron chi connectivity index (χ2n) is 3.24. The van der Waals surface area contributed by atoms with Crippen molar-refractivity contribution in [3.05, 3.63) is 35.9 Å². The van der Waals surface area contributed by atoms with E-state index in [9.17, 15) is 4.79 Å². The molecular formula is C11H11N3O3. The molecular weight excluding hydrogens is 222 g/mol. The van der Waals surface area contributed by atoms with Gasteiger partial charge in [-0.2, -0.15) is 0 Å². The van der Waals surface area contributed by atoms with E-state index in [0.29, 0.717) is 5.76 Å². The number of nitrogen functional groups attached to an aromatic ring is 1. The number of hydrogen-bond acceptors (Lipinski definition) is 6. The van der Waals surface area contributed by atoms with Crippen LogP contribution in [0.3, 0.4) is 0 Å². The maximum atomic E-state index is 11.6. The standard InChI is InChI=1S/C11H11N3O3/c1-16-11(15)8-9(17-14-10(8)13-12)7-5-3-2-4-6-7/h2-6H,12H2,1H3,(H,13,14). The van der Waals surface area contributed by atoms with E-state index in [-0.39, 0.29) is 11.4 Å². The molecule has 0 aliphatic rings. The first-order valence-electron chi connectivity index (χ1n) is 4.88. The molecule has 3 N–H and O–H groups in total. The average molecular weight is 233 g/mol. The minimum Gasteiger partial charge on any atom is -0.465 e. The monoisotopic (exact) mass is 233 g/mol. The van der Waals surface area contributed by atoms with Crippen LogP contribution in [0.4, 0.5) is 5.82 Å². The van der Waals surface area contributed by atoms with Crippen LogP contribution < -0.4 is 11.3 Å². The molecule has 88 valence electrons. The maximum absolute atomic E-state index is 11.6. The van der Waals surface area contributed by atoms with Gasteiger partial charge >= 0.3 is 5.97 Å². The van der Waals surface area contributed by atoms with E-state index in [1.54, 1.807) is 12.1 Å². The number of nitrogens with zero attached hydrogens (tertiary/aromatic N) is 1. The van der Waals surface area contributed by atoms with Crippen LogP contribution in [0.5, 0.6) is 0 Å². The highest BCUT2D eigenvalue weighted by atomic mass is 16.5. The summed E-state index contributed by atoms with van der Waals surface area (Å²) in [6.45, 7) is 0. The van der Waals surface area contributed by atoms with Gasteiger partial charge in [-0.15, -0.1) is 0 Å². The molecule has 2 aromatic rings. The van der Waals surface area contributed by atoms with Crippen LogP contribution >= 0.6 is 0 Å². The lowest BCUT2D eigenvalue weighted by atomic mass is 10.1. The lowest BCUT2D eigenvalue weighted by Crippen LogP contribution is -2.12. The normalized spacial score (nSPS) is 10.0. The van der Waals surface area contributed by atoms with Crippen molar-refractivity contribution in [2.45, 2.75) is 0 Å². The largest absolute Gasteiger partial charge is 0.465 e. The van der Waals surface area contributed by atoms with Crippen molar-refractivity contribution in [1.82, 2.24) is 5.16 Å². The summed E-state index contributed by atoms with van der Waals surface area (Å²) in [6, 6.07) is 9.11. The number of rotatable bonds is 3. The Labute approximate surface area is 97.3 Å². The van der Waals surface area contributed by atoms with Gasteiger partial charge < -0.3 is 14.7 Å². The molecule has 0 fully saturated rings. The quantitative estimate of drug-likeness (QED) is 0.473. The third-order valence-electron chi connectivity index (χ3n) is 2.25. The summed E-state index contributed by atoms with van der Waals surface area (Å²) in [5, 5.41) is 3.67. The highest BCUT2D eigenvalue weighted by Gasteiger charge is 2.24. The van der Waals surface area contributed by atoms with Crippen molar-refractivity contribution < 1.29 is 14.1 Å². The zero-order valence-corrected chi connectivity index (χ0v) is 9.14. The zero-order valence-electron chi connectivity index (χ0n) is 9.14. The fraction of sp³-hybridized carbons (Fsp3) is 0.0909. The van der Waals surface area contributed by atoms with Crippen LogP contribution in [0.2, 0.25) is 0 Å². The Bertz CT molecular complexity index is 522. The van der Waals surface area contributed by atoms with Crippen molar-refractivity contribution >= 4 is 11.8 Å². The Hall–Kier alpha value is -2.34. The molecule has 0 spiro atoms. The molecule has 0 saturated carbocycles. The van der Waals surface area contributed by atoms with E-state index in [0.717, 1.165) is 5.56 Å². The highest BCUT2D eigenvalue weighted by molar-refractivity contribution is 6.00. The predicted octanol–water partition coefficient (Wildman–Crippen LogP) is 1.41. The van der Waals surface area contributed by atoms with Gasteiger partial charge in [0.2, 0.25) is 0 Å². The number of esters is 1. The van der Waals surface area contributed by atoms with E-state index in [1.807, 2.05) is 18.2 Å². The number of aromatic nitrogens is 1. The van der Waals surface area contributed by atoms with Gasteiger partial charge in [-0.25, -0.2) is 10.6 Å². The molecule has 0 amide bonds. The highest BCUT2D eigenvalue weighted by Crippen LogP contribution is 2.29. The van der Waals surface area contributed by atoms with Gasteiger partial charge in [-0.1, -0.05) is 35.5 Å². The van der Waals surface area contributed by atoms with Crippen LogP contribution in [0, 0.1) is 0 Å². The number of carbonyl (C=O) groups is 1. The zero-order chi connectivity index (χ0) is 12.3. The van der Waals surface area contributed by atoms with Crippen molar-refractivity contribution in [3.63, 3.8) is 0 Å². The first kappa shape index (κ1) is 11.2.